The molecular weight excluding hydrogens is 234 g/mol. The summed E-state index contributed by atoms with van der Waals surface area (Å²) in [4.78, 5) is 18.8. The van der Waals surface area contributed by atoms with Crippen LogP contribution in [0.15, 0.2) is 11.6 Å². The number of carbonyl (C=O) groups is 1. The van der Waals surface area contributed by atoms with Gasteiger partial charge in [-0.2, -0.15) is 0 Å². The van der Waals surface area contributed by atoms with Crippen molar-refractivity contribution in [3.63, 3.8) is 0 Å². The highest BCUT2D eigenvalue weighted by molar-refractivity contribution is 7.09. The number of carbonyl (C=O) groups excluding carboxylic acids is 1. The lowest BCUT2D eigenvalue weighted by Gasteiger charge is -2.39. The number of piperidine rings is 1. The van der Waals surface area contributed by atoms with Crippen LogP contribution in [0.3, 0.4) is 0 Å². The average molecular weight is 251 g/mol. The summed E-state index contributed by atoms with van der Waals surface area (Å²) >= 11 is 1.67. The summed E-state index contributed by atoms with van der Waals surface area (Å²) in [6, 6.07) is 0. The van der Waals surface area contributed by atoms with Gasteiger partial charge in [0.1, 0.15) is 10.5 Å². The minimum atomic E-state index is -0.232. The van der Waals surface area contributed by atoms with E-state index in [2.05, 4.69) is 15.2 Å². The monoisotopic (exact) mass is 251 g/mol. The highest BCUT2D eigenvalue weighted by atomic mass is 32.1. The molecule has 3 rings (SSSR count). The van der Waals surface area contributed by atoms with Gasteiger partial charge in [-0.15, -0.1) is 11.3 Å². The van der Waals surface area contributed by atoms with E-state index in [4.69, 9.17) is 0 Å². The van der Waals surface area contributed by atoms with Crippen LogP contribution in [0.1, 0.15) is 30.7 Å². The van der Waals surface area contributed by atoms with Gasteiger partial charge in [-0.3, -0.25) is 9.69 Å². The van der Waals surface area contributed by atoms with Gasteiger partial charge in [0.05, 0.1) is 6.54 Å². The van der Waals surface area contributed by atoms with E-state index in [1.807, 2.05) is 11.6 Å². The van der Waals surface area contributed by atoms with Crippen molar-refractivity contribution in [2.24, 2.45) is 0 Å². The van der Waals surface area contributed by atoms with E-state index in [1.54, 1.807) is 11.3 Å². The van der Waals surface area contributed by atoms with Crippen molar-refractivity contribution in [1.82, 2.24) is 15.2 Å². The molecule has 1 unspecified atom stereocenters. The average Bonchev–Trinajstić information content (AvgIpc) is 2.95. The number of hydrogen-bond acceptors (Lipinski definition) is 4. The van der Waals surface area contributed by atoms with Gasteiger partial charge in [0.2, 0.25) is 5.91 Å². The number of likely N-dealkylation sites (tertiary alicyclic amines) is 1. The normalized spacial score (nSPS) is 29.8. The molecule has 5 heteroatoms. The Balaban J connectivity index is 1.81. The van der Waals surface area contributed by atoms with E-state index in [9.17, 15) is 4.79 Å². The van der Waals surface area contributed by atoms with Crippen LogP contribution in [0.2, 0.25) is 0 Å². The lowest BCUT2D eigenvalue weighted by molar-refractivity contribution is -0.134. The number of thiazole rings is 1. The van der Waals surface area contributed by atoms with Crippen LogP contribution < -0.4 is 5.32 Å². The van der Waals surface area contributed by atoms with Crippen LogP contribution >= 0.6 is 11.3 Å². The molecule has 0 bridgehead atoms. The van der Waals surface area contributed by atoms with Crippen LogP contribution in [0, 0.1) is 0 Å². The van der Waals surface area contributed by atoms with Gasteiger partial charge in [-0.25, -0.2) is 4.98 Å². The van der Waals surface area contributed by atoms with Gasteiger partial charge < -0.3 is 5.32 Å². The molecule has 2 aliphatic rings. The first-order chi connectivity index (χ1) is 8.31. The maximum absolute atomic E-state index is 12.2. The number of amides is 1. The maximum Gasteiger partial charge on any atom is 0.240 e. The number of aromatic nitrogens is 1. The van der Waals surface area contributed by atoms with Gasteiger partial charge in [-0.1, -0.05) is 0 Å². The lowest BCUT2D eigenvalue weighted by atomic mass is 9.86. The Bertz CT molecular complexity index is 406. The third kappa shape index (κ3) is 1.87. The summed E-state index contributed by atoms with van der Waals surface area (Å²) in [6.07, 6.45) is 6.07. The molecule has 2 saturated heterocycles. The molecule has 1 spiro atoms. The largest absolute Gasteiger partial charge is 0.354 e. The van der Waals surface area contributed by atoms with Crippen molar-refractivity contribution in [2.45, 2.75) is 37.8 Å². The molecule has 2 aliphatic heterocycles. The summed E-state index contributed by atoms with van der Waals surface area (Å²) in [5, 5.41) is 6.14. The van der Waals surface area contributed by atoms with Gasteiger partial charge >= 0.3 is 0 Å². The molecule has 2 fully saturated rings. The molecule has 0 saturated carbocycles. The van der Waals surface area contributed by atoms with E-state index < -0.39 is 0 Å². The lowest BCUT2D eigenvalue weighted by Crippen LogP contribution is -2.58. The first-order valence-corrected chi connectivity index (χ1v) is 7.11. The fourth-order valence-electron chi connectivity index (χ4n) is 3.06. The highest BCUT2D eigenvalue weighted by Gasteiger charge is 2.48. The minimum absolute atomic E-state index is 0.232. The van der Waals surface area contributed by atoms with Crippen molar-refractivity contribution < 1.29 is 4.79 Å². The molecule has 1 N–H and O–H groups in total. The van der Waals surface area contributed by atoms with E-state index in [0.29, 0.717) is 0 Å². The first-order valence-electron chi connectivity index (χ1n) is 6.23. The Morgan fingerprint density at radius 2 is 2.35 bits per heavy atom. The quantitative estimate of drug-likeness (QED) is 0.864. The third-order valence-electron chi connectivity index (χ3n) is 3.91. The standard InChI is InChI=1S/C12H17N3OS/c16-11-12(3-1-5-14-11)4-2-7-15(12)9-10-13-6-8-17-10/h6,8H,1-5,7,9H2,(H,14,16). The molecule has 17 heavy (non-hydrogen) atoms. The van der Waals surface area contributed by atoms with E-state index in [1.165, 1.54) is 0 Å². The number of rotatable bonds is 2. The third-order valence-corrected chi connectivity index (χ3v) is 4.67. The smallest absolute Gasteiger partial charge is 0.240 e. The summed E-state index contributed by atoms with van der Waals surface area (Å²) in [5.41, 5.74) is -0.232. The second-order valence-corrected chi connectivity index (χ2v) is 5.82. The molecule has 0 radical (unpaired) electrons. The number of nitrogens with zero attached hydrogens (tertiary/aromatic N) is 2. The Morgan fingerprint density at radius 3 is 3.12 bits per heavy atom. The maximum atomic E-state index is 12.2. The SMILES string of the molecule is O=C1NCCCC12CCCN2Cc1nccs1. The topological polar surface area (TPSA) is 45.2 Å². The van der Waals surface area contributed by atoms with E-state index in [0.717, 1.165) is 50.3 Å². The van der Waals surface area contributed by atoms with Crippen LogP contribution in [0.25, 0.3) is 0 Å². The first kappa shape index (κ1) is 11.2. The van der Waals surface area contributed by atoms with Crippen molar-refractivity contribution in [1.29, 1.82) is 0 Å². The predicted molar refractivity (Wildman–Crippen MR) is 66.7 cm³/mol. The Kier molecular flexibility index (Phi) is 2.88. The van der Waals surface area contributed by atoms with Crippen molar-refractivity contribution >= 4 is 17.2 Å². The van der Waals surface area contributed by atoms with Gasteiger partial charge in [0, 0.05) is 18.1 Å². The summed E-state index contributed by atoms with van der Waals surface area (Å²) in [6.45, 7) is 2.68. The summed E-state index contributed by atoms with van der Waals surface area (Å²) < 4.78 is 0. The van der Waals surface area contributed by atoms with E-state index in [-0.39, 0.29) is 11.4 Å². The van der Waals surface area contributed by atoms with Crippen molar-refractivity contribution in [3.05, 3.63) is 16.6 Å². The molecular formula is C12H17N3OS. The second-order valence-electron chi connectivity index (χ2n) is 4.84. The minimum Gasteiger partial charge on any atom is -0.354 e. The van der Waals surface area contributed by atoms with Gasteiger partial charge in [-0.05, 0) is 32.2 Å². The molecule has 0 aliphatic carbocycles. The van der Waals surface area contributed by atoms with Crippen LogP contribution in [0.4, 0.5) is 0 Å². The Morgan fingerprint density at radius 1 is 1.47 bits per heavy atom. The van der Waals surface area contributed by atoms with Crippen LogP contribution in [-0.4, -0.2) is 34.4 Å². The molecule has 1 amide bonds. The van der Waals surface area contributed by atoms with E-state index >= 15 is 0 Å². The second kappa shape index (κ2) is 4.38. The van der Waals surface area contributed by atoms with Crippen LogP contribution in [-0.2, 0) is 11.3 Å². The van der Waals surface area contributed by atoms with Crippen molar-refractivity contribution in [3.8, 4) is 0 Å². The predicted octanol–water partition coefficient (Wildman–Crippen LogP) is 1.39. The fourth-order valence-corrected chi connectivity index (χ4v) is 3.69. The summed E-state index contributed by atoms with van der Waals surface area (Å²) in [5.74, 6) is 0.234. The van der Waals surface area contributed by atoms with Crippen molar-refractivity contribution in [2.75, 3.05) is 13.1 Å². The van der Waals surface area contributed by atoms with Gasteiger partial charge in [0.25, 0.3) is 0 Å². The highest BCUT2D eigenvalue weighted by Crippen LogP contribution is 2.36. The zero-order valence-electron chi connectivity index (χ0n) is 9.82. The van der Waals surface area contributed by atoms with Crippen LogP contribution in [0.5, 0.6) is 0 Å². The molecule has 1 aromatic heterocycles. The Labute approximate surface area is 105 Å². The molecule has 3 heterocycles. The molecule has 1 atom stereocenters. The zero-order chi connectivity index (χ0) is 11.7. The number of nitrogens with one attached hydrogen (secondary N) is 1. The Hall–Kier alpha value is -0.940. The molecule has 1 aromatic rings. The fraction of sp³-hybridized carbons (Fsp3) is 0.667. The molecule has 4 nitrogen and oxygen atoms in total. The molecule has 92 valence electrons. The summed E-state index contributed by atoms with van der Waals surface area (Å²) in [7, 11) is 0. The number of hydrogen-bond donors (Lipinski definition) is 1. The molecule has 0 aromatic carbocycles. The van der Waals surface area contributed by atoms with Gasteiger partial charge in [0.15, 0.2) is 0 Å². The zero-order valence-corrected chi connectivity index (χ0v) is 10.6.